The molecule has 2 rings (SSSR count). The molecule has 0 spiro atoms. The highest BCUT2D eigenvalue weighted by Crippen LogP contribution is 2.29. The highest BCUT2D eigenvalue weighted by Gasteiger charge is 2.16. The maximum atomic E-state index is 11.0. The topological polar surface area (TPSA) is 55.2 Å². The van der Waals surface area contributed by atoms with Crippen LogP contribution in [0.25, 0.3) is 0 Å². The lowest BCUT2D eigenvalue weighted by Gasteiger charge is -2.12. The summed E-state index contributed by atoms with van der Waals surface area (Å²) in [7, 11) is 0. The van der Waals surface area contributed by atoms with Gasteiger partial charge in [0.15, 0.2) is 0 Å². The zero-order chi connectivity index (χ0) is 14.7. The molecule has 0 atom stereocenters. The Morgan fingerprint density at radius 1 is 1.30 bits per heavy atom. The molecule has 0 aliphatic carbocycles. The summed E-state index contributed by atoms with van der Waals surface area (Å²) in [4.78, 5) is 10.6. The molecule has 0 radical (unpaired) electrons. The molecule has 104 valence electrons. The number of nitro benzene ring substituents is 1. The quantitative estimate of drug-likeness (QED) is 0.625. The predicted molar refractivity (Wildman–Crippen MR) is 84.3 cm³/mol. The van der Waals surface area contributed by atoms with Gasteiger partial charge in [0.1, 0.15) is 0 Å². The normalized spacial score (nSPS) is 10.3. The third-order valence-electron chi connectivity index (χ3n) is 3.01. The molecule has 20 heavy (non-hydrogen) atoms. The minimum absolute atomic E-state index is 0.0256. The third-order valence-corrected chi connectivity index (χ3v) is 4.23. The van der Waals surface area contributed by atoms with Crippen molar-refractivity contribution in [3.05, 3.63) is 67.1 Å². The standard InChI is InChI=1S/C14H12BrClN2O2/c1-9-11(15)4-2-6-13(9)17-8-10-12(16)5-3-7-14(10)18(19)20/h2-7,17H,8H2,1H3. The molecule has 0 aromatic heterocycles. The first-order chi connectivity index (χ1) is 9.50. The Labute approximate surface area is 130 Å². The molecule has 0 fully saturated rings. The van der Waals surface area contributed by atoms with Crippen LogP contribution in [0.3, 0.4) is 0 Å². The van der Waals surface area contributed by atoms with E-state index < -0.39 is 4.92 Å². The molecule has 0 unspecified atom stereocenters. The van der Waals surface area contributed by atoms with E-state index in [1.54, 1.807) is 12.1 Å². The van der Waals surface area contributed by atoms with Crippen LogP contribution < -0.4 is 5.32 Å². The second kappa shape index (κ2) is 6.24. The van der Waals surface area contributed by atoms with Gasteiger partial charge in [-0.1, -0.05) is 39.7 Å². The van der Waals surface area contributed by atoms with E-state index in [9.17, 15) is 10.1 Å². The summed E-state index contributed by atoms with van der Waals surface area (Å²) in [6.07, 6.45) is 0. The zero-order valence-electron chi connectivity index (χ0n) is 10.7. The fraction of sp³-hybridized carbons (Fsp3) is 0.143. The Bertz CT molecular complexity index is 662. The molecule has 6 heteroatoms. The minimum atomic E-state index is -0.420. The molecule has 2 aromatic carbocycles. The van der Waals surface area contributed by atoms with E-state index >= 15 is 0 Å². The SMILES string of the molecule is Cc1c(Br)cccc1NCc1c(Cl)cccc1[N+](=O)[O-]. The summed E-state index contributed by atoms with van der Waals surface area (Å²) in [5, 5.41) is 14.6. The maximum absolute atomic E-state index is 11.0. The second-order valence-corrected chi connectivity index (χ2v) is 5.52. The highest BCUT2D eigenvalue weighted by atomic mass is 79.9. The fourth-order valence-electron chi connectivity index (χ4n) is 1.88. The molecule has 0 aliphatic heterocycles. The Morgan fingerprint density at radius 2 is 2.00 bits per heavy atom. The van der Waals surface area contributed by atoms with E-state index in [2.05, 4.69) is 21.2 Å². The first-order valence-electron chi connectivity index (χ1n) is 5.91. The van der Waals surface area contributed by atoms with Crippen LogP contribution in [0.1, 0.15) is 11.1 Å². The molecular weight excluding hydrogens is 344 g/mol. The molecule has 0 amide bonds. The summed E-state index contributed by atoms with van der Waals surface area (Å²) < 4.78 is 0.983. The number of hydrogen-bond acceptors (Lipinski definition) is 3. The van der Waals surface area contributed by atoms with E-state index in [0.717, 1.165) is 15.7 Å². The Kier molecular flexibility index (Phi) is 4.62. The summed E-state index contributed by atoms with van der Waals surface area (Å²) in [5.74, 6) is 0. The van der Waals surface area contributed by atoms with Crippen LogP contribution in [0.4, 0.5) is 11.4 Å². The van der Waals surface area contributed by atoms with E-state index in [1.165, 1.54) is 6.07 Å². The molecule has 0 saturated carbocycles. The van der Waals surface area contributed by atoms with Crippen molar-refractivity contribution < 1.29 is 4.92 Å². The molecule has 0 aliphatic rings. The number of benzene rings is 2. The first-order valence-corrected chi connectivity index (χ1v) is 7.08. The molecular formula is C14H12BrClN2O2. The number of hydrogen-bond donors (Lipinski definition) is 1. The van der Waals surface area contributed by atoms with Gasteiger partial charge in [-0.05, 0) is 30.7 Å². The van der Waals surface area contributed by atoms with Gasteiger partial charge >= 0.3 is 0 Å². The van der Waals surface area contributed by atoms with E-state index in [1.807, 2.05) is 25.1 Å². The van der Waals surface area contributed by atoms with Crippen molar-refractivity contribution in [2.24, 2.45) is 0 Å². The van der Waals surface area contributed by atoms with Crippen molar-refractivity contribution in [2.75, 3.05) is 5.32 Å². The Balaban J connectivity index is 2.27. The number of nitro groups is 1. The molecule has 0 bridgehead atoms. The lowest BCUT2D eigenvalue weighted by molar-refractivity contribution is -0.385. The van der Waals surface area contributed by atoms with Crippen LogP contribution in [-0.4, -0.2) is 4.92 Å². The van der Waals surface area contributed by atoms with Crippen molar-refractivity contribution in [1.82, 2.24) is 0 Å². The van der Waals surface area contributed by atoms with Gasteiger partial charge in [0.25, 0.3) is 5.69 Å². The zero-order valence-corrected chi connectivity index (χ0v) is 13.0. The molecule has 0 heterocycles. The van der Waals surface area contributed by atoms with Crippen LogP contribution in [0.2, 0.25) is 5.02 Å². The van der Waals surface area contributed by atoms with Crippen LogP contribution in [0.5, 0.6) is 0 Å². The van der Waals surface area contributed by atoms with Crippen molar-refractivity contribution >= 4 is 38.9 Å². The molecule has 1 N–H and O–H groups in total. The average molecular weight is 356 g/mol. The van der Waals surface area contributed by atoms with Crippen LogP contribution in [-0.2, 0) is 6.54 Å². The maximum Gasteiger partial charge on any atom is 0.275 e. The van der Waals surface area contributed by atoms with Crippen molar-refractivity contribution in [3.63, 3.8) is 0 Å². The predicted octanol–water partition coefficient (Wildman–Crippen LogP) is 4.93. The number of halogens is 2. The second-order valence-electron chi connectivity index (χ2n) is 4.26. The van der Waals surface area contributed by atoms with E-state index in [4.69, 9.17) is 11.6 Å². The monoisotopic (exact) mass is 354 g/mol. The van der Waals surface area contributed by atoms with Gasteiger partial charge < -0.3 is 5.32 Å². The lowest BCUT2D eigenvalue weighted by atomic mass is 10.1. The van der Waals surface area contributed by atoms with E-state index in [-0.39, 0.29) is 5.69 Å². The molecule has 2 aromatic rings. The lowest BCUT2D eigenvalue weighted by Crippen LogP contribution is -2.05. The van der Waals surface area contributed by atoms with Gasteiger partial charge in [0.2, 0.25) is 0 Å². The average Bonchev–Trinajstić information content (AvgIpc) is 2.41. The number of anilines is 1. The summed E-state index contributed by atoms with van der Waals surface area (Å²) in [6, 6.07) is 10.5. The van der Waals surface area contributed by atoms with Crippen molar-refractivity contribution in [1.29, 1.82) is 0 Å². The summed E-state index contributed by atoms with van der Waals surface area (Å²) >= 11 is 9.51. The van der Waals surface area contributed by atoms with Gasteiger partial charge in [-0.2, -0.15) is 0 Å². The van der Waals surface area contributed by atoms with E-state index in [0.29, 0.717) is 17.1 Å². The third kappa shape index (κ3) is 3.11. The molecule has 0 saturated heterocycles. The Hall–Kier alpha value is -1.59. The largest absolute Gasteiger partial charge is 0.380 e. The Morgan fingerprint density at radius 3 is 2.70 bits per heavy atom. The van der Waals surface area contributed by atoms with Crippen LogP contribution >= 0.6 is 27.5 Å². The first kappa shape index (κ1) is 14.8. The van der Waals surface area contributed by atoms with Crippen molar-refractivity contribution in [3.8, 4) is 0 Å². The minimum Gasteiger partial charge on any atom is -0.380 e. The smallest absolute Gasteiger partial charge is 0.275 e. The van der Waals surface area contributed by atoms with Crippen LogP contribution in [0, 0.1) is 17.0 Å². The number of nitrogens with one attached hydrogen (secondary N) is 1. The van der Waals surface area contributed by atoms with Crippen molar-refractivity contribution in [2.45, 2.75) is 13.5 Å². The summed E-state index contributed by atoms with van der Waals surface area (Å²) in [6.45, 7) is 2.26. The van der Waals surface area contributed by atoms with Gasteiger partial charge in [0.05, 0.1) is 15.5 Å². The van der Waals surface area contributed by atoms with Gasteiger partial charge in [-0.15, -0.1) is 0 Å². The molecule has 4 nitrogen and oxygen atoms in total. The summed E-state index contributed by atoms with van der Waals surface area (Å²) in [5.41, 5.74) is 2.46. The van der Waals surface area contributed by atoms with Gasteiger partial charge in [-0.25, -0.2) is 0 Å². The van der Waals surface area contributed by atoms with Gasteiger partial charge in [-0.3, -0.25) is 10.1 Å². The highest BCUT2D eigenvalue weighted by molar-refractivity contribution is 9.10. The van der Waals surface area contributed by atoms with Gasteiger partial charge in [0, 0.05) is 22.8 Å². The number of rotatable bonds is 4. The number of nitrogens with zero attached hydrogens (tertiary/aromatic N) is 1. The fourth-order valence-corrected chi connectivity index (χ4v) is 2.48. The van der Waals surface area contributed by atoms with Crippen LogP contribution in [0.15, 0.2) is 40.9 Å².